The summed E-state index contributed by atoms with van der Waals surface area (Å²) in [6.07, 6.45) is 7.50. The van der Waals surface area contributed by atoms with Crippen molar-refractivity contribution in [2.24, 2.45) is 20.0 Å². The molecule has 1 aliphatic heterocycles. The lowest BCUT2D eigenvalue weighted by atomic mass is 10.1. The Morgan fingerprint density at radius 1 is 0.647 bits per heavy atom. The monoisotopic (exact) mass is 452 g/mol. The average molecular weight is 453 g/mol. The van der Waals surface area contributed by atoms with Crippen LogP contribution in [0.15, 0.2) is 55.6 Å². The molecule has 0 radical (unpaired) electrons. The van der Waals surface area contributed by atoms with Crippen molar-refractivity contribution in [3.05, 3.63) is 69.0 Å². The smallest absolute Gasteiger partial charge is 0.176 e. The zero-order valence-electron chi connectivity index (χ0n) is 19.0. The van der Waals surface area contributed by atoms with Crippen molar-refractivity contribution in [2.45, 2.75) is 26.7 Å². The lowest BCUT2D eigenvalue weighted by Crippen LogP contribution is -1.95. The average Bonchev–Trinajstić information content (AvgIpc) is 2.81. The highest BCUT2D eigenvalue weighted by molar-refractivity contribution is 5.94. The Morgan fingerprint density at radius 2 is 1.00 bits per heavy atom. The number of benzene rings is 2. The van der Waals surface area contributed by atoms with E-state index in [4.69, 9.17) is 0 Å². The molecular weight excluding hydrogens is 428 g/mol. The Balaban J connectivity index is 2.13. The summed E-state index contributed by atoms with van der Waals surface area (Å²) in [5.41, 5.74) is 3.17. The van der Waals surface area contributed by atoms with Crippen LogP contribution in [0.25, 0.3) is 0 Å². The molecule has 3 rings (SSSR count). The van der Waals surface area contributed by atoms with E-state index in [0.717, 1.165) is 24.0 Å². The molecule has 0 saturated carbocycles. The van der Waals surface area contributed by atoms with Crippen LogP contribution in [0.2, 0.25) is 0 Å². The number of hydrogen-bond donors (Lipinski definition) is 2. The minimum Gasteiger partial charge on any atom is -0.507 e. The zero-order chi connectivity index (χ0) is 24.5. The SMILES string of the molecule is Cc1cc2c(O)c(c1)C=N/C(C#N)=C(\C#N)N=Cc1cc(C)cc(c1O)C=NCCCCN=C2. The van der Waals surface area contributed by atoms with E-state index < -0.39 is 0 Å². The summed E-state index contributed by atoms with van der Waals surface area (Å²) >= 11 is 0. The van der Waals surface area contributed by atoms with Crippen LogP contribution >= 0.6 is 0 Å². The Kier molecular flexibility index (Phi) is 8.04. The number of fused-ring (bicyclic) bond motifs is 4. The quantitative estimate of drug-likeness (QED) is 0.620. The van der Waals surface area contributed by atoms with Crippen molar-refractivity contribution in [1.82, 2.24) is 0 Å². The predicted octanol–water partition coefficient (Wildman–Crippen LogP) is 4.14. The molecule has 4 bridgehead atoms. The molecule has 1 aliphatic rings. The van der Waals surface area contributed by atoms with Gasteiger partial charge in [0.05, 0.1) is 0 Å². The maximum atomic E-state index is 10.6. The van der Waals surface area contributed by atoms with Gasteiger partial charge in [-0.3, -0.25) is 9.98 Å². The Hall–Kier alpha value is -4.56. The number of nitrogens with zero attached hydrogens (tertiary/aromatic N) is 6. The molecule has 34 heavy (non-hydrogen) atoms. The summed E-state index contributed by atoms with van der Waals surface area (Å²) in [6.45, 7) is 4.91. The number of allylic oxidation sites excluding steroid dienone is 2. The first-order valence-corrected chi connectivity index (χ1v) is 10.7. The fourth-order valence-electron chi connectivity index (χ4n) is 3.35. The lowest BCUT2D eigenvalue weighted by molar-refractivity contribution is 0.473. The van der Waals surface area contributed by atoms with Gasteiger partial charge >= 0.3 is 0 Å². The molecule has 2 aromatic rings. The number of aromatic hydroxyl groups is 2. The number of rotatable bonds is 0. The van der Waals surface area contributed by atoms with Crippen LogP contribution in [0.5, 0.6) is 11.5 Å². The van der Waals surface area contributed by atoms with Crippen LogP contribution in [0.1, 0.15) is 46.2 Å². The molecule has 0 unspecified atom stereocenters. The first kappa shape index (κ1) is 24.1. The third-order valence-electron chi connectivity index (χ3n) is 5.01. The van der Waals surface area contributed by atoms with Crippen molar-refractivity contribution in [2.75, 3.05) is 13.1 Å². The number of nitriles is 2. The number of phenolic OH excluding ortho intramolecular Hbond substituents is 2. The van der Waals surface area contributed by atoms with Crippen molar-refractivity contribution in [3.8, 4) is 23.6 Å². The van der Waals surface area contributed by atoms with Crippen LogP contribution < -0.4 is 0 Å². The summed E-state index contributed by atoms with van der Waals surface area (Å²) in [5.74, 6) is -0.0396. The van der Waals surface area contributed by atoms with Gasteiger partial charge in [-0.25, -0.2) is 9.98 Å². The fourth-order valence-corrected chi connectivity index (χ4v) is 3.35. The molecule has 0 spiro atoms. The Morgan fingerprint density at radius 3 is 1.35 bits per heavy atom. The van der Waals surface area contributed by atoms with Gasteiger partial charge in [-0.05, 0) is 62.1 Å². The fraction of sp³-hybridized carbons (Fsp3) is 0.231. The molecule has 0 amide bonds. The molecule has 0 atom stereocenters. The highest BCUT2D eigenvalue weighted by Crippen LogP contribution is 2.24. The van der Waals surface area contributed by atoms with Crippen LogP contribution in [-0.4, -0.2) is 48.2 Å². The second-order valence-corrected chi connectivity index (χ2v) is 7.80. The van der Waals surface area contributed by atoms with Crippen LogP contribution in [-0.2, 0) is 0 Å². The van der Waals surface area contributed by atoms with Gasteiger partial charge in [0.1, 0.15) is 23.6 Å². The van der Waals surface area contributed by atoms with Gasteiger partial charge in [0.25, 0.3) is 0 Å². The van der Waals surface area contributed by atoms with Crippen LogP contribution in [0.3, 0.4) is 0 Å². The maximum absolute atomic E-state index is 10.6. The third-order valence-corrected chi connectivity index (χ3v) is 5.01. The number of aryl methyl sites for hydroxylation is 2. The summed E-state index contributed by atoms with van der Waals surface area (Å²) < 4.78 is 0. The third kappa shape index (κ3) is 6.02. The van der Waals surface area contributed by atoms with Crippen LogP contribution in [0.4, 0.5) is 0 Å². The summed E-state index contributed by atoms with van der Waals surface area (Å²) in [7, 11) is 0. The largest absolute Gasteiger partial charge is 0.507 e. The first-order chi connectivity index (χ1) is 16.4. The van der Waals surface area contributed by atoms with E-state index in [-0.39, 0.29) is 22.9 Å². The van der Waals surface area contributed by atoms with E-state index in [1.807, 2.05) is 26.0 Å². The van der Waals surface area contributed by atoms with E-state index in [1.54, 1.807) is 36.7 Å². The molecule has 2 aromatic carbocycles. The number of hydrogen-bond acceptors (Lipinski definition) is 8. The molecule has 8 nitrogen and oxygen atoms in total. The van der Waals surface area contributed by atoms with Crippen molar-refractivity contribution < 1.29 is 10.2 Å². The van der Waals surface area contributed by atoms with Gasteiger partial charge in [0.2, 0.25) is 0 Å². The van der Waals surface area contributed by atoms with Crippen molar-refractivity contribution in [1.29, 1.82) is 10.5 Å². The molecule has 170 valence electrons. The van der Waals surface area contributed by atoms with E-state index >= 15 is 0 Å². The Labute approximate surface area is 198 Å². The van der Waals surface area contributed by atoms with Gasteiger partial charge < -0.3 is 10.2 Å². The normalized spacial score (nSPS) is 16.6. The van der Waals surface area contributed by atoms with E-state index in [1.165, 1.54) is 12.4 Å². The molecule has 1 heterocycles. The minimum absolute atomic E-state index is 0.0198. The van der Waals surface area contributed by atoms with Crippen LogP contribution in [0, 0.1) is 36.5 Å². The van der Waals surface area contributed by atoms with E-state index in [0.29, 0.717) is 35.3 Å². The Bertz CT molecular complexity index is 1220. The standard InChI is InChI=1S/C26H24N6O2/c1-17-7-19-13-29-5-3-4-6-30-14-20-8-18(2)10-22(26(20)34)16-32-24(12-28)23(11-27)31-15-21(9-17)25(19)33/h7-10,13-16,33-34H,3-6H2,1-2H3/b24-23+,29-13?,30-14?,31-15?,32-16?. The number of phenols is 2. The van der Waals surface area contributed by atoms with Gasteiger partial charge in [-0.2, -0.15) is 10.5 Å². The molecule has 0 saturated heterocycles. The highest BCUT2D eigenvalue weighted by atomic mass is 16.3. The second-order valence-electron chi connectivity index (χ2n) is 7.80. The van der Waals surface area contributed by atoms with Gasteiger partial charge in [0.15, 0.2) is 11.4 Å². The first-order valence-electron chi connectivity index (χ1n) is 10.7. The van der Waals surface area contributed by atoms with Crippen molar-refractivity contribution in [3.63, 3.8) is 0 Å². The molecule has 8 heteroatoms. The molecule has 2 N–H and O–H groups in total. The number of aliphatic imine (C=N–C) groups is 4. The van der Waals surface area contributed by atoms with E-state index in [2.05, 4.69) is 20.0 Å². The van der Waals surface area contributed by atoms with Gasteiger partial charge in [-0.1, -0.05) is 0 Å². The van der Waals surface area contributed by atoms with Crippen molar-refractivity contribution >= 4 is 24.9 Å². The summed E-state index contributed by atoms with van der Waals surface area (Å²) in [6, 6.07) is 10.8. The summed E-state index contributed by atoms with van der Waals surface area (Å²) in [4.78, 5) is 17.0. The topological polar surface area (TPSA) is 137 Å². The lowest BCUT2D eigenvalue weighted by Gasteiger charge is -2.06. The second kappa shape index (κ2) is 11.3. The molecular formula is C26H24N6O2. The minimum atomic E-state index is -0.224. The zero-order valence-corrected chi connectivity index (χ0v) is 19.0. The van der Waals surface area contributed by atoms with Gasteiger partial charge in [0, 0.05) is 60.2 Å². The molecule has 0 aromatic heterocycles. The molecule has 0 aliphatic carbocycles. The summed E-state index contributed by atoms with van der Waals surface area (Å²) in [5, 5.41) is 40.3. The van der Waals surface area contributed by atoms with Gasteiger partial charge in [-0.15, -0.1) is 0 Å². The highest BCUT2D eigenvalue weighted by Gasteiger charge is 2.10. The van der Waals surface area contributed by atoms with E-state index in [9.17, 15) is 20.7 Å². The molecule has 0 fully saturated rings. The maximum Gasteiger partial charge on any atom is 0.176 e. The predicted molar refractivity (Wildman–Crippen MR) is 133 cm³/mol.